The first-order valence-corrected chi connectivity index (χ1v) is 3.89. The molecule has 2 heterocycles. The molecule has 1 aromatic rings. The predicted octanol–water partition coefficient (Wildman–Crippen LogP) is 1.01. The highest BCUT2D eigenvalue weighted by Crippen LogP contribution is 2.28. The van der Waals surface area contributed by atoms with Crippen LogP contribution in [0.4, 0.5) is 11.5 Å². The summed E-state index contributed by atoms with van der Waals surface area (Å²) in [7, 11) is 0. The van der Waals surface area contributed by atoms with E-state index in [2.05, 4.69) is 36.8 Å². The molecule has 5 heteroatoms. The molecule has 54 valence electrons. The monoisotopic (exact) mass is 202 g/mol. The number of H-pyrrole nitrogens is 1. The number of halogens is 1. The Morgan fingerprint density at radius 2 is 2.10 bits per heavy atom. The Bertz CT molecular complexity index is 244. The Kier molecular flexibility index (Phi) is 1.30. The summed E-state index contributed by atoms with van der Waals surface area (Å²) < 4.78 is 0.912. The first-order chi connectivity index (χ1) is 4.88. The third-order valence-electron chi connectivity index (χ3n) is 1.44. The summed E-state index contributed by atoms with van der Waals surface area (Å²) in [5.74, 6) is 0.901. The molecule has 0 aliphatic carbocycles. The summed E-state index contributed by atoms with van der Waals surface area (Å²) >= 11 is 3.33. The van der Waals surface area contributed by atoms with E-state index in [4.69, 9.17) is 0 Å². The van der Waals surface area contributed by atoms with Crippen LogP contribution in [-0.2, 0) is 0 Å². The van der Waals surface area contributed by atoms with E-state index < -0.39 is 0 Å². The smallest absolute Gasteiger partial charge is 0.172 e. The SMILES string of the molecule is Brc1[nH]nc2c1NCCN2. The van der Waals surface area contributed by atoms with E-state index in [1.54, 1.807) is 0 Å². The lowest BCUT2D eigenvalue weighted by Crippen LogP contribution is -2.19. The van der Waals surface area contributed by atoms with E-state index in [1.165, 1.54) is 0 Å². The summed E-state index contributed by atoms with van der Waals surface area (Å²) in [6, 6.07) is 0. The number of aromatic amines is 1. The molecule has 0 atom stereocenters. The molecule has 10 heavy (non-hydrogen) atoms. The van der Waals surface area contributed by atoms with Crippen molar-refractivity contribution in [1.29, 1.82) is 0 Å². The van der Waals surface area contributed by atoms with Crippen molar-refractivity contribution in [3.8, 4) is 0 Å². The van der Waals surface area contributed by atoms with Gasteiger partial charge in [-0.15, -0.1) is 0 Å². The second-order valence-electron chi connectivity index (χ2n) is 2.11. The number of aromatic nitrogens is 2. The number of fused-ring (bicyclic) bond motifs is 1. The molecule has 1 aromatic heterocycles. The second-order valence-corrected chi connectivity index (χ2v) is 2.91. The van der Waals surface area contributed by atoms with E-state index in [0.717, 1.165) is 29.2 Å². The first kappa shape index (κ1) is 6.03. The molecular weight excluding hydrogens is 196 g/mol. The minimum Gasteiger partial charge on any atom is -0.378 e. The van der Waals surface area contributed by atoms with Crippen LogP contribution in [0, 0.1) is 0 Å². The van der Waals surface area contributed by atoms with Gasteiger partial charge in [-0.3, -0.25) is 5.10 Å². The van der Waals surface area contributed by atoms with Crippen LogP contribution in [0.5, 0.6) is 0 Å². The van der Waals surface area contributed by atoms with Crippen LogP contribution in [0.1, 0.15) is 0 Å². The van der Waals surface area contributed by atoms with Crippen LogP contribution in [0.25, 0.3) is 0 Å². The number of anilines is 2. The van der Waals surface area contributed by atoms with E-state index in [0.29, 0.717) is 0 Å². The summed E-state index contributed by atoms with van der Waals surface area (Å²) in [4.78, 5) is 0. The quantitative estimate of drug-likeness (QED) is 0.589. The number of rotatable bonds is 0. The van der Waals surface area contributed by atoms with E-state index >= 15 is 0 Å². The molecule has 0 fully saturated rings. The number of hydrogen-bond donors (Lipinski definition) is 3. The lowest BCUT2D eigenvalue weighted by molar-refractivity contribution is 1.01. The summed E-state index contributed by atoms with van der Waals surface area (Å²) in [6.07, 6.45) is 0. The largest absolute Gasteiger partial charge is 0.378 e. The summed E-state index contributed by atoms with van der Waals surface area (Å²) in [5, 5.41) is 13.2. The normalized spacial score (nSPS) is 15.3. The molecule has 1 aliphatic heterocycles. The van der Waals surface area contributed by atoms with Gasteiger partial charge in [0.15, 0.2) is 5.82 Å². The van der Waals surface area contributed by atoms with Crippen molar-refractivity contribution in [3.05, 3.63) is 4.60 Å². The maximum absolute atomic E-state index is 4.01. The average Bonchev–Trinajstić information content (AvgIpc) is 2.34. The van der Waals surface area contributed by atoms with Crippen LogP contribution in [0.15, 0.2) is 4.60 Å². The van der Waals surface area contributed by atoms with Crippen molar-refractivity contribution >= 4 is 27.4 Å². The number of nitrogens with zero attached hydrogens (tertiary/aromatic N) is 1. The highest BCUT2D eigenvalue weighted by atomic mass is 79.9. The minimum absolute atomic E-state index is 0.901. The topological polar surface area (TPSA) is 52.7 Å². The maximum atomic E-state index is 4.01. The Hall–Kier alpha value is -0.710. The molecule has 2 rings (SSSR count). The molecule has 0 aromatic carbocycles. The molecular formula is C5H7BrN4. The summed E-state index contributed by atoms with van der Waals surface area (Å²) in [5.41, 5.74) is 1.03. The van der Waals surface area contributed by atoms with Gasteiger partial charge in [0, 0.05) is 13.1 Å². The molecule has 0 bridgehead atoms. The van der Waals surface area contributed by atoms with Crippen molar-refractivity contribution in [3.63, 3.8) is 0 Å². The van der Waals surface area contributed by atoms with Crippen molar-refractivity contribution in [2.45, 2.75) is 0 Å². The molecule has 0 saturated carbocycles. The lowest BCUT2D eigenvalue weighted by atomic mass is 10.4. The minimum atomic E-state index is 0.901. The van der Waals surface area contributed by atoms with Gasteiger partial charge in [-0.05, 0) is 15.9 Å². The van der Waals surface area contributed by atoms with Gasteiger partial charge in [-0.25, -0.2) is 0 Å². The highest BCUT2D eigenvalue weighted by Gasteiger charge is 2.13. The maximum Gasteiger partial charge on any atom is 0.172 e. The zero-order valence-electron chi connectivity index (χ0n) is 5.24. The average molecular weight is 203 g/mol. The Morgan fingerprint density at radius 1 is 1.30 bits per heavy atom. The fourth-order valence-electron chi connectivity index (χ4n) is 0.978. The standard InChI is InChI=1S/C5H7BrN4/c6-4-3-5(10-9-4)8-2-1-7-3/h7H,1-2H2,(H2,8,9,10). The van der Waals surface area contributed by atoms with Crippen LogP contribution < -0.4 is 10.6 Å². The van der Waals surface area contributed by atoms with Gasteiger partial charge in [-0.1, -0.05) is 0 Å². The van der Waals surface area contributed by atoms with Crippen molar-refractivity contribution in [1.82, 2.24) is 10.2 Å². The van der Waals surface area contributed by atoms with Crippen molar-refractivity contribution in [2.24, 2.45) is 0 Å². The molecule has 3 N–H and O–H groups in total. The second kappa shape index (κ2) is 2.16. The van der Waals surface area contributed by atoms with E-state index in [9.17, 15) is 0 Å². The van der Waals surface area contributed by atoms with Gasteiger partial charge in [0.25, 0.3) is 0 Å². The predicted molar refractivity (Wildman–Crippen MR) is 43.3 cm³/mol. The van der Waals surface area contributed by atoms with Crippen molar-refractivity contribution < 1.29 is 0 Å². The van der Waals surface area contributed by atoms with Crippen LogP contribution >= 0.6 is 15.9 Å². The van der Waals surface area contributed by atoms with E-state index in [1.807, 2.05) is 0 Å². The first-order valence-electron chi connectivity index (χ1n) is 3.09. The molecule has 0 saturated heterocycles. The molecule has 0 unspecified atom stereocenters. The Morgan fingerprint density at radius 3 is 2.90 bits per heavy atom. The van der Waals surface area contributed by atoms with Gasteiger partial charge in [0.05, 0.1) is 0 Å². The van der Waals surface area contributed by atoms with Gasteiger partial charge < -0.3 is 10.6 Å². The van der Waals surface area contributed by atoms with Crippen LogP contribution in [0.3, 0.4) is 0 Å². The number of hydrogen-bond acceptors (Lipinski definition) is 3. The molecule has 4 nitrogen and oxygen atoms in total. The third kappa shape index (κ3) is 0.775. The van der Waals surface area contributed by atoms with Gasteiger partial charge >= 0.3 is 0 Å². The zero-order chi connectivity index (χ0) is 6.97. The van der Waals surface area contributed by atoms with Crippen LogP contribution in [-0.4, -0.2) is 23.3 Å². The Labute approximate surface area is 66.5 Å². The van der Waals surface area contributed by atoms with Gasteiger partial charge in [-0.2, -0.15) is 5.10 Å². The van der Waals surface area contributed by atoms with Gasteiger partial charge in [0.2, 0.25) is 0 Å². The fourth-order valence-corrected chi connectivity index (χ4v) is 1.40. The Balaban J connectivity index is 2.45. The molecule has 1 aliphatic rings. The van der Waals surface area contributed by atoms with Crippen LogP contribution in [0.2, 0.25) is 0 Å². The highest BCUT2D eigenvalue weighted by molar-refractivity contribution is 9.10. The molecule has 0 radical (unpaired) electrons. The summed E-state index contributed by atoms with van der Waals surface area (Å²) in [6.45, 7) is 1.88. The fraction of sp³-hybridized carbons (Fsp3) is 0.400. The number of nitrogens with one attached hydrogen (secondary N) is 3. The lowest BCUT2D eigenvalue weighted by Gasteiger charge is -2.13. The zero-order valence-corrected chi connectivity index (χ0v) is 6.83. The molecule has 0 spiro atoms. The van der Waals surface area contributed by atoms with Gasteiger partial charge in [0.1, 0.15) is 10.3 Å². The van der Waals surface area contributed by atoms with E-state index in [-0.39, 0.29) is 0 Å². The third-order valence-corrected chi connectivity index (χ3v) is 2.02. The molecule has 0 amide bonds. The van der Waals surface area contributed by atoms with Crippen molar-refractivity contribution in [2.75, 3.05) is 23.7 Å².